The van der Waals surface area contributed by atoms with Crippen molar-refractivity contribution in [3.63, 3.8) is 0 Å². The fourth-order valence-electron chi connectivity index (χ4n) is 1.67. The molecule has 0 fully saturated rings. The van der Waals surface area contributed by atoms with Crippen LogP contribution in [0.4, 0.5) is 5.69 Å². The predicted octanol–water partition coefficient (Wildman–Crippen LogP) is 2.41. The predicted molar refractivity (Wildman–Crippen MR) is 70.8 cm³/mol. The van der Waals surface area contributed by atoms with Gasteiger partial charge in [0, 0.05) is 32.0 Å². The highest BCUT2D eigenvalue weighted by molar-refractivity contribution is 5.44. The van der Waals surface area contributed by atoms with Crippen LogP contribution in [0.1, 0.15) is 11.3 Å². The summed E-state index contributed by atoms with van der Waals surface area (Å²) in [7, 11) is 1.93. The maximum Gasteiger partial charge on any atom is 0.0541 e. The Morgan fingerprint density at radius 2 is 2.00 bits per heavy atom. The lowest BCUT2D eigenvalue weighted by Crippen LogP contribution is -2.13. The molecular formula is C14H17N3. The fraction of sp³-hybridized carbons (Fsp3) is 0.214. The first-order valence-corrected chi connectivity index (χ1v) is 5.76. The Labute approximate surface area is 102 Å². The Morgan fingerprint density at radius 1 is 1.06 bits per heavy atom. The number of aromatic nitrogens is 1. The number of rotatable bonds is 5. The summed E-state index contributed by atoms with van der Waals surface area (Å²) in [6.07, 6.45) is 1.82. The van der Waals surface area contributed by atoms with Crippen LogP contribution < -0.4 is 10.6 Å². The average Bonchev–Trinajstić information content (AvgIpc) is 2.40. The van der Waals surface area contributed by atoms with Crippen LogP contribution in [0.5, 0.6) is 0 Å². The van der Waals surface area contributed by atoms with Crippen molar-refractivity contribution in [2.75, 3.05) is 12.4 Å². The van der Waals surface area contributed by atoms with E-state index in [1.165, 1.54) is 5.56 Å². The lowest BCUT2D eigenvalue weighted by atomic mass is 10.2. The first-order chi connectivity index (χ1) is 8.38. The molecule has 0 aliphatic heterocycles. The number of anilines is 1. The highest BCUT2D eigenvalue weighted by Gasteiger charge is 1.95. The standard InChI is InChI=1S/C14H17N3/c1-15-13-7-4-5-12(9-13)10-16-11-14-6-2-3-8-17-14/h2-9,15-16H,10-11H2,1H3. The van der Waals surface area contributed by atoms with Gasteiger partial charge in [0.05, 0.1) is 5.69 Å². The lowest BCUT2D eigenvalue weighted by Gasteiger charge is -2.06. The van der Waals surface area contributed by atoms with Crippen LogP contribution in [0.3, 0.4) is 0 Å². The molecule has 2 N–H and O–H groups in total. The van der Waals surface area contributed by atoms with E-state index >= 15 is 0 Å². The summed E-state index contributed by atoms with van der Waals surface area (Å²) in [4.78, 5) is 4.27. The summed E-state index contributed by atoms with van der Waals surface area (Å²) in [6.45, 7) is 1.65. The summed E-state index contributed by atoms with van der Waals surface area (Å²) >= 11 is 0. The molecule has 0 spiro atoms. The van der Waals surface area contributed by atoms with Gasteiger partial charge in [-0.15, -0.1) is 0 Å². The highest BCUT2D eigenvalue weighted by atomic mass is 14.9. The minimum absolute atomic E-state index is 0.796. The third-order valence-corrected chi connectivity index (χ3v) is 2.58. The summed E-state index contributed by atoms with van der Waals surface area (Å²) in [6, 6.07) is 14.3. The van der Waals surface area contributed by atoms with Gasteiger partial charge in [0.15, 0.2) is 0 Å². The summed E-state index contributed by atoms with van der Waals surface area (Å²) < 4.78 is 0. The van der Waals surface area contributed by atoms with Crippen LogP contribution in [0.2, 0.25) is 0 Å². The Balaban J connectivity index is 1.86. The molecule has 17 heavy (non-hydrogen) atoms. The van der Waals surface area contributed by atoms with E-state index in [1.54, 1.807) is 0 Å². The van der Waals surface area contributed by atoms with Crippen LogP contribution in [0.25, 0.3) is 0 Å². The maximum absolute atomic E-state index is 4.27. The van der Waals surface area contributed by atoms with Crippen LogP contribution in [0, 0.1) is 0 Å². The fourth-order valence-corrected chi connectivity index (χ4v) is 1.67. The van der Waals surface area contributed by atoms with Gasteiger partial charge in [-0.05, 0) is 29.8 Å². The second kappa shape index (κ2) is 6.01. The van der Waals surface area contributed by atoms with Crippen molar-refractivity contribution < 1.29 is 0 Å². The molecule has 88 valence electrons. The van der Waals surface area contributed by atoms with Crippen LogP contribution >= 0.6 is 0 Å². The molecule has 1 heterocycles. The van der Waals surface area contributed by atoms with Gasteiger partial charge in [-0.2, -0.15) is 0 Å². The molecule has 0 bridgehead atoms. The Bertz CT molecular complexity index is 454. The van der Waals surface area contributed by atoms with Gasteiger partial charge in [-0.25, -0.2) is 0 Å². The molecule has 1 aromatic heterocycles. The molecular weight excluding hydrogens is 210 g/mol. The van der Waals surface area contributed by atoms with Gasteiger partial charge >= 0.3 is 0 Å². The molecule has 1 aromatic carbocycles. The third kappa shape index (κ3) is 3.57. The molecule has 0 aliphatic carbocycles. The zero-order valence-corrected chi connectivity index (χ0v) is 9.98. The largest absolute Gasteiger partial charge is 0.388 e. The minimum Gasteiger partial charge on any atom is -0.388 e. The van der Waals surface area contributed by atoms with Crippen molar-refractivity contribution in [1.29, 1.82) is 0 Å². The summed E-state index contributed by atoms with van der Waals surface area (Å²) in [5.74, 6) is 0. The summed E-state index contributed by atoms with van der Waals surface area (Å²) in [5, 5.41) is 6.51. The van der Waals surface area contributed by atoms with Gasteiger partial charge < -0.3 is 10.6 Å². The molecule has 0 amide bonds. The van der Waals surface area contributed by atoms with Crippen LogP contribution in [0.15, 0.2) is 48.7 Å². The van der Waals surface area contributed by atoms with Gasteiger partial charge in [-0.1, -0.05) is 18.2 Å². The number of nitrogens with one attached hydrogen (secondary N) is 2. The van der Waals surface area contributed by atoms with Crippen molar-refractivity contribution in [2.24, 2.45) is 0 Å². The monoisotopic (exact) mass is 227 g/mol. The first kappa shape index (κ1) is 11.6. The second-order valence-electron chi connectivity index (χ2n) is 3.88. The zero-order valence-electron chi connectivity index (χ0n) is 9.98. The number of benzene rings is 1. The molecule has 2 rings (SSSR count). The van der Waals surface area contributed by atoms with E-state index in [2.05, 4.69) is 39.9 Å². The Hall–Kier alpha value is -1.87. The van der Waals surface area contributed by atoms with Gasteiger partial charge in [0.2, 0.25) is 0 Å². The van der Waals surface area contributed by atoms with Crippen molar-refractivity contribution in [3.8, 4) is 0 Å². The normalized spacial score (nSPS) is 10.2. The van der Waals surface area contributed by atoms with E-state index in [1.807, 2.05) is 31.4 Å². The SMILES string of the molecule is CNc1cccc(CNCc2ccccn2)c1. The van der Waals surface area contributed by atoms with Gasteiger partial charge in [-0.3, -0.25) is 4.98 Å². The molecule has 0 saturated carbocycles. The third-order valence-electron chi connectivity index (χ3n) is 2.58. The number of hydrogen-bond donors (Lipinski definition) is 2. The van der Waals surface area contributed by atoms with Crippen molar-refractivity contribution in [3.05, 3.63) is 59.9 Å². The molecule has 0 aliphatic rings. The maximum atomic E-state index is 4.27. The van der Waals surface area contributed by atoms with E-state index in [0.29, 0.717) is 0 Å². The molecule has 0 saturated heterocycles. The second-order valence-corrected chi connectivity index (χ2v) is 3.88. The Morgan fingerprint density at radius 3 is 2.76 bits per heavy atom. The first-order valence-electron chi connectivity index (χ1n) is 5.76. The molecule has 2 aromatic rings. The zero-order chi connectivity index (χ0) is 11.9. The van der Waals surface area contributed by atoms with E-state index < -0.39 is 0 Å². The lowest BCUT2D eigenvalue weighted by molar-refractivity contribution is 0.680. The highest BCUT2D eigenvalue weighted by Crippen LogP contribution is 2.09. The molecule has 0 radical (unpaired) electrons. The van der Waals surface area contributed by atoms with Crippen LogP contribution in [-0.4, -0.2) is 12.0 Å². The van der Waals surface area contributed by atoms with E-state index in [4.69, 9.17) is 0 Å². The topological polar surface area (TPSA) is 37.0 Å². The number of hydrogen-bond acceptors (Lipinski definition) is 3. The summed E-state index contributed by atoms with van der Waals surface area (Å²) in [5.41, 5.74) is 3.48. The smallest absolute Gasteiger partial charge is 0.0541 e. The Kier molecular flexibility index (Phi) is 4.11. The van der Waals surface area contributed by atoms with E-state index in [0.717, 1.165) is 24.5 Å². The molecule has 3 heteroatoms. The minimum atomic E-state index is 0.796. The van der Waals surface area contributed by atoms with Crippen molar-refractivity contribution in [2.45, 2.75) is 13.1 Å². The molecule has 0 unspecified atom stereocenters. The van der Waals surface area contributed by atoms with Crippen molar-refractivity contribution >= 4 is 5.69 Å². The number of pyridine rings is 1. The van der Waals surface area contributed by atoms with Gasteiger partial charge in [0.25, 0.3) is 0 Å². The quantitative estimate of drug-likeness (QED) is 0.823. The van der Waals surface area contributed by atoms with Crippen molar-refractivity contribution in [1.82, 2.24) is 10.3 Å². The molecule has 0 atom stereocenters. The van der Waals surface area contributed by atoms with E-state index in [-0.39, 0.29) is 0 Å². The molecule has 3 nitrogen and oxygen atoms in total. The average molecular weight is 227 g/mol. The van der Waals surface area contributed by atoms with E-state index in [9.17, 15) is 0 Å². The number of nitrogens with zero attached hydrogens (tertiary/aromatic N) is 1. The van der Waals surface area contributed by atoms with Gasteiger partial charge in [0.1, 0.15) is 0 Å². The van der Waals surface area contributed by atoms with Crippen LogP contribution in [-0.2, 0) is 13.1 Å².